The number of H-pyrrole nitrogens is 1. The largest absolute Gasteiger partial charge is 0.289 e. The molecule has 3 aromatic rings. The Kier molecular flexibility index (Phi) is 4.95. The van der Waals surface area contributed by atoms with Gasteiger partial charge in [-0.25, -0.2) is 5.43 Å². The van der Waals surface area contributed by atoms with Crippen LogP contribution in [0.4, 0.5) is 0 Å². The van der Waals surface area contributed by atoms with Crippen molar-refractivity contribution in [3.63, 3.8) is 0 Å². The van der Waals surface area contributed by atoms with Crippen LogP contribution in [-0.4, -0.2) is 21.8 Å². The molecular weight excluding hydrogens is 336 g/mol. The number of nitrogens with one attached hydrogen (secondary N) is 2. The molecule has 2 N–H and O–H groups in total. The number of hydrazone groups is 1. The fourth-order valence-electron chi connectivity index (χ4n) is 2.30. The van der Waals surface area contributed by atoms with Gasteiger partial charge in [-0.15, -0.1) is 0 Å². The maximum atomic E-state index is 12.2. The molecule has 0 aliphatic carbocycles. The van der Waals surface area contributed by atoms with Gasteiger partial charge in [-0.1, -0.05) is 59.6 Å². The second-order valence-electron chi connectivity index (χ2n) is 5.65. The average molecular weight is 353 g/mol. The lowest BCUT2D eigenvalue weighted by atomic mass is 10.1. The van der Waals surface area contributed by atoms with Crippen LogP contribution in [0.25, 0.3) is 11.3 Å². The summed E-state index contributed by atoms with van der Waals surface area (Å²) in [7, 11) is 0. The molecule has 0 radical (unpaired) electrons. The Morgan fingerprint density at radius 3 is 2.60 bits per heavy atom. The Bertz CT molecular complexity index is 929. The van der Waals surface area contributed by atoms with Gasteiger partial charge >= 0.3 is 0 Å². The average Bonchev–Trinajstić information content (AvgIpc) is 3.10. The van der Waals surface area contributed by atoms with Gasteiger partial charge in [-0.3, -0.25) is 9.89 Å². The van der Waals surface area contributed by atoms with E-state index in [1.807, 2.05) is 56.3 Å². The summed E-state index contributed by atoms with van der Waals surface area (Å²) >= 11 is 6.15. The molecule has 1 heterocycles. The highest BCUT2D eigenvalue weighted by atomic mass is 35.5. The molecule has 126 valence electrons. The Morgan fingerprint density at radius 1 is 1.16 bits per heavy atom. The summed E-state index contributed by atoms with van der Waals surface area (Å²) < 4.78 is 0. The lowest BCUT2D eigenvalue weighted by molar-refractivity contribution is 0.0950. The highest BCUT2D eigenvalue weighted by Crippen LogP contribution is 2.26. The Hall–Kier alpha value is -2.92. The minimum atomic E-state index is -0.364. The molecule has 0 unspecified atom stereocenters. The van der Waals surface area contributed by atoms with E-state index in [-0.39, 0.29) is 5.91 Å². The van der Waals surface area contributed by atoms with Crippen LogP contribution < -0.4 is 5.43 Å². The molecule has 0 aliphatic rings. The van der Waals surface area contributed by atoms with Crippen LogP contribution in [0.5, 0.6) is 0 Å². The third kappa shape index (κ3) is 3.95. The van der Waals surface area contributed by atoms with Crippen LogP contribution in [0.15, 0.2) is 59.7 Å². The highest BCUT2D eigenvalue weighted by molar-refractivity contribution is 6.33. The molecule has 0 fully saturated rings. The zero-order valence-corrected chi connectivity index (χ0v) is 14.6. The molecule has 5 nitrogen and oxygen atoms in total. The first-order valence-electron chi connectivity index (χ1n) is 7.76. The van der Waals surface area contributed by atoms with Crippen molar-refractivity contribution in [1.29, 1.82) is 0 Å². The van der Waals surface area contributed by atoms with Gasteiger partial charge in [-0.05, 0) is 31.5 Å². The van der Waals surface area contributed by atoms with E-state index in [9.17, 15) is 4.79 Å². The maximum absolute atomic E-state index is 12.2. The van der Waals surface area contributed by atoms with Crippen molar-refractivity contribution >= 4 is 23.2 Å². The van der Waals surface area contributed by atoms with Crippen molar-refractivity contribution in [2.45, 2.75) is 13.8 Å². The van der Waals surface area contributed by atoms with Crippen LogP contribution in [0, 0.1) is 6.92 Å². The molecule has 1 amide bonds. The van der Waals surface area contributed by atoms with Gasteiger partial charge < -0.3 is 0 Å². The van der Waals surface area contributed by atoms with Crippen LogP contribution in [0.3, 0.4) is 0 Å². The molecular formula is C19H17ClN4O. The quantitative estimate of drug-likeness (QED) is 0.546. The number of aromatic nitrogens is 2. The number of aromatic amines is 1. The molecule has 25 heavy (non-hydrogen) atoms. The van der Waals surface area contributed by atoms with Gasteiger partial charge in [0.15, 0.2) is 0 Å². The molecule has 0 atom stereocenters. The molecule has 0 saturated heterocycles. The van der Waals surface area contributed by atoms with E-state index in [0.717, 1.165) is 16.8 Å². The van der Waals surface area contributed by atoms with Crippen molar-refractivity contribution in [3.8, 4) is 11.3 Å². The van der Waals surface area contributed by atoms with E-state index in [4.69, 9.17) is 11.6 Å². The highest BCUT2D eigenvalue weighted by Gasteiger charge is 2.12. The van der Waals surface area contributed by atoms with Crippen LogP contribution in [-0.2, 0) is 0 Å². The predicted molar refractivity (Wildman–Crippen MR) is 99.9 cm³/mol. The van der Waals surface area contributed by atoms with Crippen molar-refractivity contribution in [2.75, 3.05) is 0 Å². The number of amides is 1. The lowest BCUT2D eigenvalue weighted by Crippen LogP contribution is -2.19. The molecule has 6 heteroatoms. The second kappa shape index (κ2) is 7.32. The van der Waals surface area contributed by atoms with Crippen molar-refractivity contribution in [3.05, 3.63) is 76.4 Å². The second-order valence-corrected chi connectivity index (χ2v) is 6.06. The predicted octanol–water partition coefficient (Wildman–Crippen LogP) is 4.19. The Balaban J connectivity index is 1.73. The zero-order chi connectivity index (χ0) is 17.8. The zero-order valence-electron chi connectivity index (χ0n) is 13.9. The summed E-state index contributed by atoms with van der Waals surface area (Å²) in [6.45, 7) is 3.86. The van der Waals surface area contributed by atoms with Crippen molar-refractivity contribution in [1.82, 2.24) is 15.6 Å². The maximum Gasteiger partial charge on any atom is 0.289 e. The van der Waals surface area contributed by atoms with Gasteiger partial charge in [0.1, 0.15) is 5.69 Å². The smallest absolute Gasteiger partial charge is 0.272 e. The topological polar surface area (TPSA) is 70.1 Å². The monoisotopic (exact) mass is 352 g/mol. The van der Waals surface area contributed by atoms with Crippen LogP contribution in [0.1, 0.15) is 28.5 Å². The standard InChI is InChI=1S/C19H17ClN4O/c1-12-7-9-14(10-8-12)13(2)21-24-19(25)18-11-17(22-23-18)15-5-3-4-6-16(15)20/h3-11H,1-2H3,(H,22,23)(H,24,25)/b21-13+. The first-order valence-corrected chi connectivity index (χ1v) is 8.14. The minimum Gasteiger partial charge on any atom is -0.272 e. The lowest BCUT2D eigenvalue weighted by Gasteiger charge is -2.02. The van der Waals surface area contributed by atoms with Crippen LogP contribution in [0.2, 0.25) is 5.02 Å². The number of carbonyl (C=O) groups is 1. The summed E-state index contributed by atoms with van der Waals surface area (Å²) in [4.78, 5) is 12.2. The van der Waals surface area contributed by atoms with Gasteiger partial charge in [0.2, 0.25) is 0 Å². The SMILES string of the molecule is C/C(=N\NC(=O)c1cc(-c2ccccc2Cl)n[nH]1)c1ccc(C)cc1. The molecule has 3 rings (SSSR count). The number of nitrogens with zero attached hydrogens (tertiary/aromatic N) is 2. The molecule has 2 aromatic carbocycles. The number of carbonyl (C=O) groups excluding carboxylic acids is 1. The van der Waals surface area contributed by atoms with Crippen LogP contribution >= 0.6 is 11.6 Å². The van der Waals surface area contributed by atoms with E-state index in [1.165, 1.54) is 5.56 Å². The fraction of sp³-hybridized carbons (Fsp3) is 0.105. The van der Waals surface area contributed by atoms with E-state index in [2.05, 4.69) is 20.7 Å². The summed E-state index contributed by atoms with van der Waals surface area (Å²) in [5, 5.41) is 11.6. The summed E-state index contributed by atoms with van der Waals surface area (Å²) in [6, 6.07) is 16.9. The van der Waals surface area contributed by atoms with Gasteiger partial charge in [0.25, 0.3) is 5.91 Å². The van der Waals surface area contributed by atoms with Gasteiger partial charge in [0, 0.05) is 5.56 Å². The third-order valence-electron chi connectivity index (χ3n) is 3.77. The third-order valence-corrected chi connectivity index (χ3v) is 4.10. The normalized spacial score (nSPS) is 11.4. The molecule has 1 aromatic heterocycles. The van der Waals surface area contributed by atoms with E-state index >= 15 is 0 Å². The molecule has 0 bridgehead atoms. The summed E-state index contributed by atoms with van der Waals surface area (Å²) in [5.74, 6) is -0.364. The fourth-order valence-corrected chi connectivity index (χ4v) is 2.53. The molecule has 0 spiro atoms. The summed E-state index contributed by atoms with van der Waals surface area (Å²) in [6.07, 6.45) is 0. The van der Waals surface area contributed by atoms with E-state index < -0.39 is 0 Å². The molecule has 0 aliphatic heterocycles. The van der Waals surface area contributed by atoms with Gasteiger partial charge in [-0.2, -0.15) is 10.2 Å². The summed E-state index contributed by atoms with van der Waals surface area (Å²) in [5.41, 5.74) is 7.06. The first-order chi connectivity index (χ1) is 12.0. The number of halogens is 1. The van der Waals surface area contributed by atoms with E-state index in [0.29, 0.717) is 16.4 Å². The minimum absolute atomic E-state index is 0.315. The Morgan fingerprint density at radius 2 is 1.88 bits per heavy atom. The van der Waals surface area contributed by atoms with E-state index in [1.54, 1.807) is 12.1 Å². The number of aryl methyl sites for hydroxylation is 1. The number of hydrogen-bond donors (Lipinski definition) is 2. The number of rotatable bonds is 4. The van der Waals surface area contributed by atoms with Gasteiger partial charge in [0.05, 0.1) is 16.4 Å². The van der Waals surface area contributed by atoms with Crippen molar-refractivity contribution < 1.29 is 4.79 Å². The molecule has 0 saturated carbocycles. The number of hydrogen-bond acceptors (Lipinski definition) is 3. The first kappa shape index (κ1) is 16.9. The number of benzene rings is 2. The van der Waals surface area contributed by atoms with Crippen molar-refractivity contribution in [2.24, 2.45) is 5.10 Å². The Labute approximate surface area is 150 Å².